The first-order chi connectivity index (χ1) is 21.5. The molecule has 226 valence electrons. The number of hydrogen-bond acceptors (Lipinski definition) is 0. The quantitative estimate of drug-likeness (QED) is 0.0838. The van der Waals surface area contributed by atoms with E-state index in [0.717, 1.165) is 0 Å². The van der Waals surface area contributed by atoms with Crippen LogP contribution in [0.1, 0.15) is 78.4 Å². The van der Waals surface area contributed by atoms with E-state index < -0.39 is 16.1 Å². The largest absolute Gasteiger partial charge is 0.138 e. The van der Waals surface area contributed by atoms with Gasteiger partial charge < -0.3 is 0 Å². The van der Waals surface area contributed by atoms with Crippen LogP contribution in [0.4, 0.5) is 0 Å². The number of fused-ring (bicyclic) bond motifs is 4. The van der Waals surface area contributed by atoms with Gasteiger partial charge in [0.15, 0.2) is 0 Å². The minimum Gasteiger partial charge on any atom is -0.126 e. The second kappa shape index (κ2) is 14.2. The number of benzene rings is 5. The van der Waals surface area contributed by atoms with Crippen LogP contribution in [-0.2, 0) is 0 Å². The predicted octanol–water partition coefficient (Wildman–Crippen LogP) is 12.7. The van der Waals surface area contributed by atoms with Gasteiger partial charge in [0.25, 0.3) is 0 Å². The molecule has 5 rings (SSSR count). The summed E-state index contributed by atoms with van der Waals surface area (Å²) in [4.78, 5) is 0. The Morgan fingerprint density at radius 1 is 0.432 bits per heavy atom. The third-order valence-corrected chi connectivity index (χ3v) is 19.9. The molecule has 0 nitrogen and oxygen atoms in total. The van der Waals surface area contributed by atoms with Crippen LogP contribution in [0.2, 0.25) is 36.3 Å². The molecule has 0 unspecified atom stereocenters. The molecular formula is C42H50Si2. The zero-order valence-electron chi connectivity index (χ0n) is 28.0. The third-order valence-electron chi connectivity index (χ3n) is 10.0. The Labute approximate surface area is 268 Å². The van der Waals surface area contributed by atoms with Crippen molar-refractivity contribution in [2.45, 2.75) is 103 Å². The van der Waals surface area contributed by atoms with E-state index in [9.17, 15) is 0 Å². The van der Waals surface area contributed by atoms with Gasteiger partial charge in [-0.05, 0) is 104 Å². The molecule has 0 N–H and O–H groups in total. The maximum absolute atomic E-state index is 4.06. The van der Waals surface area contributed by atoms with Gasteiger partial charge >= 0.3 is 0 Å². The first-order valence-corrected chi connectivity index (χ1v) is 22.6. The van der Waals surface area contributed by atoms with Crippen LogP contribution in [0.5, 0.6) is 0 Å². The van der Waals surface area contributed by atoms with Crippen molar-refractivity contribution in [2.75, 3.05) is 0 Å². The van der Waals surface area contributed by atoms with Gasteiger partial charge in [0.1, 0.15) is 16.1 Å². The summed E-state index contributed by atoms with van der Waals surface area (Å²) in [5, 5.41) is 10.2. The summed E-state index contributed by atoms with van der Waals surface area (Å²) in [7, 11) is -3.39. The fourth-order valence-corrected chi connectivity index (χ4v) is 14.9. The summed E-state index contributed by atoms with van der Waals surface area (Å²) in [5.41, 5.74) is 10.5. The van der Waals surface area contributed by atoms with E-state index in [1.54, 1.807) is 0 Å². The molecule has 5 aromatic carbocycles. The molecule has 5 aromatic rings. The maximum Gasteiger partial charge on any atom is 0.138 e. The Bertz CT molecular complexity index is 1660. The average Bonchev–Trinajstić information content (AvgIpc) is 3.04. The summed E-state index contributed by atoms with van der Waals surface area (Å²) < 4.78 is 0. The summed E-state index contributed by atoms with van der Waals surface area (Å²) in [6.07, 6.45) is 4.88. The van der Waals surface area contributed by atoms with E-state index in [4.69, 9.17) is 0 Å². The molecule has 0 aromatic heterocycles. The van der Waals surface area contributed by atoms with Crippen LogP contribution < -0.4 is 0 Å². The van der Waals surface area contributed by atoms with Crippen molar-refractivity contribution >= 4 is 59.2 Å². The lowest BCUT2D eigenvalue weighted by Crippen LogP contribution is -2.31. The zero-order valence-corrected chi connectivity index (χ0v) is 30.0. The van der Waals surface area contributed by atoms with Crippen LogP contribution in [-0.4, -0.2) is 16.1 Å². The highest BCUT2D eigenvalue weighted by atomic mass is 28.3. The summed E-state index contributed by atoms with van der Waals surface area (Å²) in [6.45, 7) is 14.1. The van der Waals surface area contributed by atoms with Crippen molar-refractivity contribution in [3.63, 3.8) is 0 Å². The lowest BCUT2D eigenvalue weighted by Gasteiger charge is -2.24. The number of rotatable bonds is 10. The zero-order chi connectivity index (χ0) is 31.2. The minimum atomic E-state index is -1.69. The SMILES string of the molecule is CCC[Si](C#Cc1c2cc3ccccc3cc2c(C#C[Si](CC)(CCC)CCC)c2cc3ccccc3cc12)(CC)CCC. The Morgan fingerprint density at radius 2 is 0.705 bits per heavy atom. The molecule has 0 heterocycles. The van der Waals surface area contributed by atoms with Crippen molar-refractivity contribution in [3.8, 4) is 22.9 Å². The van der Waals surface area contributed by atoms with Gasteiger partial charge in [-0.3, -0.25) is 0 Å². The van der Waals surface area contributed by atoms with E-state index in [1.165, 1.54) is 116 Å². The fourth-order valence-electron chi connectivity index (χ4n) is 7.56. The van der Waals surface area contributed by atoms with E-state index in [0.29, 0.717) is 0 Å². The molecule has 2 heteroatoms. The normalized spacial score (nSPS) is 12.0. The summed E-state index contributed by atoms with van der Waals surface area (Å²) in [6, 6.07) is 34.9. The van der Waals surface area contributed by atoms with Crippen LogP contribution in [0.15, 0.2) is 72.8 Å². The van der Waals surface area contributed by atoms with Crippen LogP contribution in [0.25, 0.3) is 43.1 Å². The molecular weight excluding hydrogens is 561 g/mol. The maximum atomic E-state index is 4.06. The van der Waals surface area contributed by atoms with Crippen LogP contribution in [0.3, 0.4) is 0 Å². The van der Waals surface area contributed by atoms with Crippen LogP contribution in [0, 0.1) is 22.9 Å². The van der Waals surface area contributed by atoms with E-state index in [1.807, 2.05) is 0 Å². The highest BCUT2D eigenvalue weighted by Gasteiger charge is 2.28. The highest BCUT2D eigenvalue weighted by molar-refractivity contribution is 6.87. The Kier molecular flexibility index (Phi) is 10.4. The lowest BCUT2D eigenvalue weighted by molar-refractivity contribution is 0.975. The molecule has 0 saturated heterocycles. The lowest BCUT2D eigenvalue weighted by atomic mass is 9.89. The number of hydrogen-bond donors (Lipinski definition) is 0. The average molecular weight is 611 g/mol. The molecule has 0 atom stereocenters. The minimum absolute atomic E-state index is 1.20. The molecule has 0 aliphatic carbocycles. The van der Waals surface area contributed by atoms with Gasteiger partial charge in [-0.15, -0.1) is 11.1 Å². The first kappa shape index (κ1) is 32.1. The van der Waals surface area contributed by atoms with Gasteiger partial charge in [0.05, 0.1) is 0 Å². The summed E-state index contributed by atoms with van der Waals surface area (Å²) in [5.74, 6) is 7.89. The molecule has 0 amide bonds. The summed E-state index contributed by atoms with van der Waals surface area (Å²) >= 11 is 0. The van der Waals surface area contributed by atoms with E-state index in [-0.39, 0.29) is 0 Å². The second-order valence-electron chi connectivity index (χ2n) is 13.0. The van der Waals surface area contributed by atoms with E-state index >= 15 is 0 Å². The highest BCUT2D eigenvalue weighted by Crippen LogP contribution is 2.38. The second-order valence-corrected chi connectivity index (χ2v) is 22.0. The van der Waals surface area contributed by atoms with Crippen LogP contribution >= 0.6 is 0 Å². The third kappa shape index (κ3) is 6.40. The van der Waals surface area contributed by atoms with Gasteiger partial charge in [-0.25, -0.2) is 0 Å². The van der Waals surface area contributed by atoms with Gasteiger partial charge in [0, 0.05) is 11.1 Å². The van der Waals surface area contributed by atoms with Crippen molar-refractivity contribution in [1.29, 1.82) is 0 Å². The molecule has 0 radical (unpaired) electrons. The topological polar surface area (TPSA) is 0 Å². The standard InChI is InChI=1S/C42H50Si2/c1-7-23-43(11-5,24-8-2)27-21-37-39-29-33-17-13-15-19-35(33)31-41(39)38(22-28-44(12-6,25-9-3)26-10-4)42-32-36-20-16-14-18-34(36)30-40(37)42/h13-20,29-32H,7-12,23-26H2,1-6H3. The molecule has 0 aliphatic rings. The molecule has 0 saturated carbocycles. The van der Waals surface area contributed by atoms with Crippen molar-refractivity contribution in [1.82, 2.24) is 0 Å². The van der Waals surface area contributed by atoms with Gasteiger partial charge in [0.2, 0.25) is 0 Å². The monoisotopic (exact) mass is 610 g/mol. The Hall–Kier alpha value is -3.31. The predicted molar refractivity (Wildman–Crippen MR) is 203 cm³/mol. The van der Waals surface area contributed by atoms with E-state index in [2.05, 4.69) is 137 Å². The Balaban J connectivity index is 1.95. The van der Waals surface area contributed by atoms with Gasteiger partial charge in [-0.2, -0.15) is 0 Å². The van der Waals surface area contributed by atoms with Gasteiger partial charge in [-0.1, -0.05) is 128 Å². The first-order valence-electron chi connectivity index (χ1n) is 17.3. The fraction of sp³-hybridized carbons (Fsp3) is 0.381. The van der Waals surface area contributed by atoms with Crippen molar-refractivity contribution < 1.29 is 0 Å². The smallest absolute Gasteiger partial charge is 0.126 e. The molecule has 0 spiro atoms. The molecule has 0 fully saturated rings. The van der Waals surface area contributed by atoms with Crippen molar-refractivity contribution in [2.24, 2.45) is 0 Å². The molecule has 0 bridgehead atoms. The molecule has 44 heavy (non-hydrogen) atoms. The molecule has 0 aliphatic heterocycles. The van der Waals surface area contributed by atoms with Crippen molar-refractivity contribution in [3.05, 3.63) is 83.9 Å². The Morgan fingerprint density at radius 3 is 0.932 bits per heavy atom.